The zero-order chi connectivity index (χ0) is 5.70. The minimum absolute atomic E-state index is 0. The molecule has 0 N–H and O–H groups in total. The van der Waals surface area contributed by atoms with Crippen molar-refractivity contribution in [1.82, 2.24) is 0 Å². The van der Waals surface area contributed by atoms with Crippen LogP contribution in [0, 0.1) is 0 Å². The Kier molecular flexibility index (Phi) is 21.9. The molecule has 0 amide bonds. The first-order valence-electron chi connectivity index (χ1n) is 1.94. The van der Waals surface area contributed by atoms with Crippen LogP contribution < -0.4 is 0 Å². The van der Waals surface area contributed by atoms with Crippen LogP contribution in [0.2, 0.25) is 0 Å². The molecule has 0 aromatic carbocycles. The van der Waals surface area contributed by atoms with E-state index in [4.69, 9.17) is 0 Å². The van der Waals surface area contributed by atoms with Crippen molar-refractivity contribution in [2.75, 3.05) is 0 Å². The van der Waals surface area contributed by atoms with Crippen molar-refractivity contribution < 1.29 is 14.3 Å². The third-order valence-electron chi connectivity index (χ3n) is 0.468. The number of rotatable bonds is 2. The maximum absolute atomic E-state index is 9.96. The molecule has 3 nitrogen and oxygen atoms in total. The van der Waals surface area contributed by atoms with Crippen LogP contribution in [-0.2, 0) is 14.3 Å². The van der Waals surface area contributed by atoms with Gasteiger partial charge in [0.2, 0.25) is 0 Å². The fraction of sp³-hybridized carbons (Fsp3) is 0.500. The first kappa shape index (κ1) is 16.6. The van der Waals surface area contributed by atoms with Gasteiger partial charge in [-0.25, -0.2) is 0 Å². The van der Waals surface area contributed by atoms with Crippen molar-refractivity contribution in [1.29, 1.82) is 0 Å². The van der Waals surface area contributed by atoms with E-state index in [1.54, 1.807) is 6.92 Å². The molecule has 0 saturated carbocycles. The van der Waals surface area contributed by atoms with Gasteiger partial charge in [-0.05, 0) is 0 Å². The van der Waals surface area contributed by atoms with Gasteiger partial charge in [0.25, 0.3) is 0 Å². The van der Waals surface area contributed by atoms with Crippen molar-refractivity contribution in [3.63, 3.8) is 0 Å². The monoisotopic (exact) mass is 150 g/mol. The van der Waals surface area contributed by atoms with E-state index in [1.807, 2.05) is 0 Å². The van der Waals surface area contributed by atoms with Crippen LogP contribution in [0.15, 0.2) is 0 Å². The van der Waals surface area contributed by atoms with Crippen molar-refractivity contribution >= 4 is 71.6 Å². The summed E-state index contributed by atoms with van der Waals surface area (Å²) in [7, 11) is 0. The summed E-state index contributed by atoms with van der Waals surface area (Å²) in [6.07, 6.45) is 0.249. The predicted molar refractivity (Wildman–Crippen MR) is 36.7 cm³/mol. The van der Waals surface area contributed by atoms with Crippen molar-refractivity contribution in [2.24, 2.45) is 0 Å². The molecule has 0 radical (unpaired) electrons. The minimum atomic E-state index is -0.491. The van der Waals surface area contributed by atoms with Gasteiger partial charge in [0.15, 0.2) is 0 Å². The SMILES string of the molecule is CCC(=O)OC=O.[NaH].[NaH]. The van der Waals surface area contributed by atoms with Crippen molar-refractivity contribution in [3.05, 3.63) is 0 Å². The number of carbonyl (C=O) groups is 2. The number of hydrogen-bond donors (Lipinski definition) is 0. The van der Waals surface area contributed by atoms with Gasteiger partial charge in [0, 0.05) is 6.42 Å². The third-order valence-corrected chi connectivity index (χ3v) is 0.468. The van der Waals surface area contributed by atoms with Gasteiger partial charge in [0.1, 0.15) is 0 Å². The predicted octanol–water partition coefficient (Wildman–Crippen LogP) is -1.20. The Morgan fingerprint density at radius 1 is 1.56 bits per heavy atom. The second-order valence-corrected chi connectivity index (χ2v) is 0.940. The van der Waals surface area contributed by atoms with Crippen LogP contribution in [0.4, 0.5) is 0 Å². The standard InChI is InChI=1S/C4H6O3.2Na.2H/c1-2-4(6)7-3-5;;;;/h3H,2H2,1H3;;;;. The quantitative estimate of drug-likeness (QED) is 0.215. The average molecular weight is 150 g/mol. The molecule has 0 spiro atoms. The summed E-state index contributed by atoms with van der Waals surface area (Å²) in [4.78, 5) is 19.3. The molecule has 0 rings (SSSR count). The molecular weight excluding hydrogens is 142 g/mol. The molecule has 0 saturated heterocycles. The summed E-state index contributed by atoms with van der Waals surface area (Å²) < 4.78 is 3.87. The molecular formula is C4H8Na2O3. The Bertz CT molecular complexity index is 83.9. The molecule has 5 heteroatoms. The molecule has 0 aliphatic rings. The summed E-state index contributed by atoms with van der Waals surface area (Å²) in [5.41, 5.74) is 0. The molecule has 44 valence electrons. The van der Waals surface area contributed by atoms with Crippen molar-refractivity contribution in [3.8, 4) is 0 Å². The second-order valence-electron chi connectivity index (χ2n) is 0.940. The molecule has 0 aromatic rings. The average Bonchev–Trinajstić information content (AvgIpc) is 1.68. The van der Waals surface area contributed by atoms with E-state index in [-0.39, 0.29) is 72.0 Å². The normalized spacial score (nSPS) is 5.89. The van der Waals surface area contributed by atoms with Crippen LogP contribution in [0.25, 0.3) is 0 Å². The van der Waals surface area contributed by atoms with E-state index in [0.29, 0.717) is 0 Å². The zero-order valence-corrected chi connectivity index (χ0v) is 4.01. The summed E-state index contributed by atoms with van der Waals surface area (Å²) in [5, 5.41) is 0. The molecule has 0 unspecified atom stereocenters. The van der Waals surface area contributed by atoms with Crippen LogP contribution in [0.3, 0.4) is 0 Å². The first-order chi connectivity index (χ1) is 3.31. The van der Waals surface area contributed by atoms with Crippen LogP contribution >= 0.6 is 0 Å². The van der Waals surface area contributed by atoms with E-state index in [1.165, 1.54) is 0 Å². The molecule has 0 aromatic heterocycles. The molecule has 0 heterocycles. The summed E-state index contributed by atoms with van der Waals surface area (Å²) in [6, 6.07) is 0. The zero-order valence-electron chi connectivity index (χ0n) is 4.01. The van der Waals surface area contributed by atoms with Gasteiger partial charge < -0.3 is 4.74 Å². The molecule has 0 atom stereocenters. The van der Waals surface area contributed by atoms with Crippen molar-refractivity contribution in [2.45, 2.75) is 13.3 Å². The topological polar surface area (TPSA) is 43.4 Å². The molecule has 0 bridgehead atoms. The van der Waals surface area contributed by atoms with Crippen LogP contribution in [0.1, 0.15) is 13.3 Å². The van der Waals surface area contributed by atoms with Gasteiger partial charge >= 0.3 is 71.6 Å². The second kappa shape index (κ2) is 11.9. The first-order valence-corrected chi connectivity index (χ1v) is 1.94. The maximum atomic E-state index is 9.96. The number of hydrogen-bond acceptors (Lipinski definition) is 3. The van der Waals surface area contributed by atoms with Gasteiger partial charge in [-0.3, -0.25) is 9.59 Å². The summed E-state index contributed by atoms with van der Waals surface area (Å²) >= 11 is 0. The van der Waals surface area contributed by atoms with Crippen LogP contribution in [-0.4, -0.2) is 71.6 Å². The Balaban J connectivity index is -0.000000180. The Labute approximate surface area is 98.1 Å². The Hall–Kier alpha value is 1.14. The number of carbonyl (C=O) groups excluding carboxylic acids is 2. The Morgan fingerprint density at radius 3 is 2.11 bits per heavy atom. The van der Waals surface area contributed by atoms with Gasteiger partial charge in [-0.15, -0.1) is 0 Å². The molecule has 0 aliphatic carbocycles. The van der Waals surface area contributed by atoms with E-state index in [0.717, 1.165) is 0 Å². The van der Waals surface area contributed by atoms with E-state index in [2.05, 4.69) is 4.74 Å². The van der Waals surface area contributed by atoms with E-state index < -0.39 is 5.97 Å². The molecule has 9 heavy (non-hydrogen) atoms. The molecule has 0 fully saturated rings. The fourth-order valence-electron chi connectivity index (χ4n) is 0.137. The van der Waals surface area contributed by atoms with Crippen LogP contribution in [0.5, 0.6) is 0 Å². The van der Waals surface area contributed by atoms with Gasteiger partial charge in [-0.1, -0.05) is 6.92 Å². The number of ether oxygens (including phenoxy) is 1. The number of esters is 1. The third kappa shape index (κ3) is 12.4. The van der Waals surface area contributed by atoms with Gasteiger partial charge in [0.05, 0.1) is 0 Å². The fourth-order valence-corrected chi connectivity index (χ4v) is 0.137. The summed E-state index contributed by atoms with van der Waals surface area (Å²) in [6.45, 7) is 1.75. The molecule has 0 aliphatic heterocycles. The van der Waals surface area contributed by atoms with Gasteiger partial charge in [-0.2, -0.15) is 0 Å². The Morgan fingerprint density at radius 2 is 2.00 bits per heavy atom. The van der Waals surface area contributed by atoms with E-state index in [9.17, 15) is 9.59 Å². The summed E-state index contributed by atoms with van der Waals surface area (Å²) in [5.74, 6) is -0.491. The van der Waals surface area contributed by atoms with E-state index >= 15 is 0 Å².